The smallest absolute Gasteiger partial charge is 0.172 e. The number of hydrogen-bond donors (Lipinski definition) is 0. The van der Waals surface area contributed by atoms with Crippen molar-refractivity contribution >= 4 is 43.6 Å². The molecule has 0 N–H and O–H groups in total. The average Bonchev–Trinajstić information content (AvgIpc) is 2.55. The van der Waals surface area contributed by atoms with Gasteiger partial charge in [-0.3, -0.25) is 0 Å². The Morgan fingerprint density at radius 1 is 0.640 bits per heavy atom. The van der Waals surface area contributed by atoms with E-state index in [1.165, 1.54) is 0 Å². The third kappa shape index (κ3) is 6.27. The maximum absolute atomic E-state index is 13.1. The van der Waals surface area contributed by atoms with Crippen molar-refractivity contribution in [3.8, 4) is 0 Å². The number of thioether (sulfide) groups is 1. The Hall–Kier alpha value is 0.510. The Balaban J connectivity index is 2.28. The molecule has 2 saturated carbocycles. The van der Waals surface area contributed by atoms with E-state index in [9.17, 15) is 17.6 Å². The van der Waals surface area contributed by atoms with Crippen LogP contribution in [0.5, 0.6) is 0 Å². The van der Waals surface area contributed by atoms with E-state index in [4.69, 9.17) is 0 Å². The molecule has 2 aliphatic rings. The normalized spacial score (nSPS) is 22.3. The minimum atomic E-state index is -1.67. The molecule has 0 radical (unpaired) electrons. The first-order valence-electron chi connectivity index (χ1n) is 8.87. The SMILES string of the molecule is FC(F)=C(Br)CC1(SC2(CC(Br)=C(F)F)CCCCC2)CCCCC1. The highest BCUT2D eigenvalue weighted by Gasteiger charge is 2.44. The second kappa shape index (κ2) is 9.63. The molecule has 144 valence electrons. The zero-order chi connectivity index (χ0) is 18.5. The monoisotopic (exact) mass is 506 g/mol. The van der Waals surface area contributed by atoms with Crippen LogP contribution in [0.2, 0.25) is 0 Å². The van der Waals surface area contributed by atoms with Gasteiger partial charge in [-0.05, 0) is 70.4 Å². The van der Waals surface area contributed by atoms with Crippen LogP contribution in [0.25, 0.3) is 0 Å². The number of allylic oxidation sites excluding steroid dienone is 2. The average molecular weight is 508 g/mol. The fraction of sp³-hybridized carbons (Fsp3) is 0.778. The van der Waals surface area contributed by atoms with Crippen LogP contribution in [0.4, 0.5) is 17.6 Å². The van der Waals surface area contributed by atoms with Gasteiger partial charge in [0.2, 0.25) is 0 Å². The lowest BCUT2D eigenvalue weighted by Crippen LogP contribution is -2.38. The van der Waals surface area contributed by atoms with Crippen molar-refractivity contribution in [2.24, 2.45) is 0 Å². The van der Waals surface area contributed by atoms with Crippen LogP contribution in [0.1, 0.15) is 77.0 Å². The largest absolute Gasteiger partial charge is 0.280 e. The summed E-state index contributed by atoms with van der Waals surface area (Å²) in [6, 6.07) is 0. The molecular formula is C18H24Br2F4S. The van der Waals surface area contributed by atoms with E-state index in [1.807, 2.05) is 0 Å². The van der Waals surface area contributed by atoms with E-state index in [1.54, 1.807) is 11.8 Å². The van der Waals surface area contributed by atoms with E-state index in [-0.39, 0.29) is 18.5 Å². The maximum atomic E-state index is 13.1. The van der Waals surface area contributed by atoms with E-state index < -0.39 is 12.2 Å². The van der Waals surface area contributed by atoms with Gasteiger partial charge in [0, 0.05) is 9.49 Å². The van der Waals surface area contributed by atoms with Gasteiger partial charge in [0.1, 0.15) is 0 Å². The minimum Gasteiger partial charge on any atom is -0.172 e. The molecule has 0 atom stereocenters. The molecule has 0 aromatic rings. The van der Waals surface area contributed by atoms with Crippen molar-refractivity contribution in [3.05, 3.63) is 21.1 Å². The summed E-state index contributed by atoms with van der Waals surface area (Å²) in [4.78, 5) is 0. The maximum Gasteiger partial charge on any atom is 0.280 e. The van der Waals surface area contributed by atoms with Crippen molar-refractivity contribution in [2.75, 3.05) is 0 Å². The van der Waals surface area contributed by atoms with Crippen molar-refractivity contribution in [3.63, 3.8) is 0 Å². The second-order valence-corrected chi connectivity index (χ2v) is 11.1. The lowest BCUT2D eigenvalue weighted by atomic mass is 9.85. The third-order valence-electron chi connectivity index (χ3n) is 5.33. The van der Waals surface area contributed by atoms with Crippen LogP contribution in [0.15, 0.2) is 21.1 Å². The zero-order valence-electron chi connectivity index (χ0n) is 14.2. The summed E-state index contributed by atoms with van der Waals surface area (Å²) < 4.78 is 51.6. The van der Waals surface area contributed by atoms with Crippen LogP contribution in [0, 0.1) is 0 Å². The van der Waals surface area contributed by atoms with E-state index in [2.05, 4.69) is 31.9 Å². The highest BCUT2D eigenvalue weighted by molar-refractivity contribution is 9.12. The number of hydrogen-bond acceptors (Lipinski definition) is 1. The molecule has 0 unspecified atom stereocenters. The Kier molecular flexibility index (Phi) is 8.40. The molecule has 2 fully saturated rings. The molecule has 0 spiro atoms. The lowest BCUT2D eigenvalue weighted by Gasteiger charge is -2.47. The Morgan fingerprint density at radius 2 is 0.960 bits per heavy atom. The molecule has 0 nitrogen and oxygen atoms in total. The van der Waals surface area contributed by atoms with Gasteiger partial charge in [0.05, 0.1) is 8.96 Å². The van der Waals surface area contributed by atoms with Crippen LogP contribution >= 0.6 is 43.6 Å². The zero-order valence-corrected chi connectivity index (χ0v) is 18.1. The molecule has 2 aliphatic carbocycles. The molecule has 25 heavy (non-hydrogen) atoms. The van der Waals surface area contributed by atoms with Gasteiger partial charge in [-0.15, -0.1) is 11.8 Å². The fourth-order valence-corrected chi connectivity index (χ4v) is 7.96. The summed E-state index contributed by atoms with van der Waals surface area (Å²) in [5, 5.41) is 0. The molecule has 0 bridgehead atoms. The lowest BCUT2D eigenvalue weighted by molar-refractivity contribution is 0.354. The predicted molar refractivity (Wildman–Crippen MR) is 105 cm³/mol. The molecule has 2 rings (SSSR count). The van der Waals surface area contributed by atoms with E-state index >= 15 is 0 Å². The third-order valence-corrected chi connectivity index (χ3v) is 8.46. The highest BCUT2D eigenvalue weighted by atomic mass is 79.9. The van der Waals surface area contributed by atoms with E-state index in [0.29, 0.717) is 12.8 Å². The van der Waals surface area contributed by atoms with Crippen LogP contribution in [0.3, 0.4) is 0 Å². The van der Waals surface area contributed by atoms with Gasteiger partial charge < -0.3 is 0 Å². The summed E-state index contributed by atoms with van der Waals surface area (Å²) in [5.41, 5.74) is 0. The first-order chi connectivity index (χ1) is 11.8. The first-order valence-corrected chi connectivity index (χ1v) is 11.3. The van der Waals surface area contributed by atoms with Gasteiger partial charge >= 0.3 is 0 Å². The summed E-state index contributed by atoms with van der Waals surface area (Å²) in [6.07, 6.45) is 7.08. The Morgan fingerprint density at radius 3 is 1.24 bits per heavy atom. The van der Waals surface area contributed by atoms with Crippen LogP contribution in [-0.4, -0.2) is 9.49 Å². The van der Waals surface area contributed by atoms with Crippen molar-refractivity contribution in [1.29, 1.82) is 0 Å². The second-order valence-electron chi connectivity index (χ2n) is 7.27. The van der Waals surface area contributed by atoms with Gasteiger partial charge in [0.25, 0.3) is 12.2 Å². The molecule has 0 aromatic heterocycles. The van der Waals surface area contributed by atoms with Crippen molar-refractivity contribution < 1.29 is 17.6 Å². The molecule has 0 aliphatic heterocycles. The van der Waals surface area contributed by atoms with Crippen LogP contribution in [-0.2, 0) is 0 Å². The first kappa shape index (κ1) is 21.8. The summed E-state index contributed by atoms with van der Waals surface area (Å²) >= 11 is 7.83. The molecule has 0 aromatic carbocycles. The molecule has 0 heterocycles. The molecular weight excluding hydrogens is 484 g/mol. The van der Waals surface area contributed by atoms with Gasteiger partial charge in [-0.1, -0.05) is 38.5 Å². The quantitative estimate of drug-likeness (QED) is 0.323. The van der Waals surface area contributed by atoms with Crippen molar-refractivity contribution in [2.45, 2.75) is 86.5 Å². The molecule has 0 amide bonds. The number of halogens is 6. The Bertz CT molecular complexity index is 467. The van der Waals surface area contributed by atoms with Gasteiger partial charge in [-0.25, -0.2) is 0 Å². The van der Waals surface area contributed by atoms with Crippen molar-refractivity contribution in [1.82, 2.24) is 0 Å². The Labute approximate surface area is 168 Å². The van der Waals surface area contributed by atoms with Crippen LogP contribution < -0.4 is 0 Å². The van der Waals surface area contributed by atoms with Gasteiger partial charge in [0.15, 0.2) is 0 Å². The fourth-order valence-electron chi connectivity index (χ4n) is 4.18. The molecule has 0 saturated heterocycles. The van der Waals surface area contributed by atoms with Gasteiger partial charge in [-0.2, -0.15) is 17.6 Å². The predicted octanol–water partition coefficient (Wildman–Crippen LogP) is 8.91. The summed E-state index contributed by atoms with van der Waals surface area (Å²) in [7, 11) is 0. The van der Waals surface area contributed by atoms with E-state index in [0.717, 1.165) is 64.2 Å². The summed E-state index contributed by atoms with van der Waals surface area (Å²) in [5.74, 6) is 0. The molecule has 7 heteroatoms. The summed E-state index contributed by atoms with van der Waals surface area (Å²) in [6.45, 7) is 0. The minimum absolute atomic E-state index is 0.0286. The topological polar surface area (TPSA) is 0 Å². The highest BCUT2D eigenvalue weighted by Crippen LogP contribution is 2.57. The number of rotatable bonds is 6. The standard InChI is InChI=1S/C18H24Br2F4S/c19-13(15(21)22)11-17(7-3-1-4-8-17)25-18(9-5-2-6-10-18)12-14(20)16(23)24/h1-12H2.